The topological polar surface area (TPSA) is 72.2 Å². The first-order chi connectivity index (χ1) is 7.43. The molecule has 0 saturated carbocycles. The Morgan fingerprint density at radius 3 is 1.88 bits per heavy atom. The molecule has 0 fully saturated rings. The van der Waals surface area contributed by atoms with Crippen LogP contribution in [0.4, 0.5) is 0 Å². The Hall–Kier alpha value is -0.900. The molecular formula is C13H26N2O2. The number of amides is 1. The number of hydrogen-bond acceptors (Lipinski definition) is 3. The van der Waals surface area contributed by atoms with E-state index in [1.807, 2.05) is 41.5 Å². The summed E-state index contributed by atoms with van der Waals surface area (Å²) in [5.41, 5.74) is 4.78. The molecule has 0 aliphatic rings. The SMILES string of the molecule is CC(C)(C)NC(CCC(=O)C(C)(C)C)C(N)=O. The Kier molecular flexibility index (Phi) is 5.33. The van der Waals surface area contributed by atoms with E-state index >= 15 is 0 Å². The lowest BCUT2D eigenvalue weighted by Gasteiger charge is -2.27. The van der Waals surface area contributed by atoms with Crippen molar-refractivity contribution in [1.29, 1.82) is 0 Å². The Morgan fingerprint density at radius 1 is 1.12 bits per heavy atom. The van der Waals surface area contributed by atoms with E-state index in [2.05, 4.69) is 5.32 Å². The quantitative estimate of drug-likeness (QED) is 0.769. The zero-order valence-electron chi connectivity index (χ0n) is 11.9. The highest BCUT2D eigenvalue weighted by Gasteiger charge is 2.26. The Balaban J connectivity index is 4.40. The first-order valence-electron chi connectivity index (χ1n) is 6.04. The number of rotatable bonds is 5. The molecule has 0 bridgehead atoms. The normalized spacial score (nSPS) is 14.5. The third-order valence-electron chi connectivity index (χ3n) is 2.45. The van der Waals surface area contributed by atoms with Crippen molar-refractivity contribution in [3.8, 4) is 0 Å². The predicted molar refractivity (Wildman–Crippen MR) is 69.6 cm³/mol. The highest BCUT2D eigenvalue weighted by Crippen LogP contribution is 2.18. The van der Waals surface area contributed by atoms with Crippen LogP contribution in [0.1, 0.15) is 54.4 Å². The summed E-state index contributed by atoms with van der Waals surface area (Å²) < 4.78 is 0. The van der Waals surface area contributed by atoms with E-state index in [0.717, 1.165) is 0 Å². The van der Waals surface area contributed by atoms with E-state index in [1.165, 1.54) is 0 Å². The standard InChI is InChI=1S/C13H26N2O2/c1-12(2,3)10(16)8-7-9(11(14)17)15-13(4,5)6/h9,15H,7-8H2,1-6H3,(H2,14,17). The summed E-state index contributed by atoms with van der Waals surface area (Å²) in [5, 5.41) is 3.14. The van der Waals surface area contributed by atoms with Crippen LogP contribution in [0.5, 0.6) is 0 Å². The highest BCUT2D eigenvalue weighted by atomic mass is 16.1. The molecule has 4 nitrogen and oxygen atoms in total. The van der Waals surface area contributed by atoms with Gasteiger partial charge in [0.05, 0.1) is 6.04 Å². The second-order valence-corrected chi connectivity index (χ2v) is 6.56. The maximum absolute atomic E-state index is 11.8. The number of nitrogens with one attached hydrogen (secondary N) is 1. The molecule has 0 aromatic rings. The molecule has 1 atom stereocenters. The van der Waals surface area contributed by atoms with Gasteiger partial charge in [-0.15, -0.1) is 0 Å². The van der Waals surface area contributed by atoms with Crippen molar-refractivity contribution in [2.45, 2.75) is 66.0 Å². The molecule has 0 rings (SSSR count). The summed E-state index contributed by atoms with van der Waals surface area (Å²) in [6.07, 6.45) is 0.836. The third-order valence-corrected chi connectivity index (χ3v) is 2.45. The fourth-order valence-corrected chi connectivity index (χ4v) is 1.46. The van der Waals surface area contributed by atoms with E-state index < -0.39 is 11.9 Å². The number of hydrogen-bond donors (Lipinski definition) is 2. The first-order valence-corrected chi connectivity index (χ1v) is 6.04. The molecule has 0 aliphatic carbocycles. The van der Waals surface area contributed by atoms with Crippen molar-refractivity contribution in [2.24, 2.45) is 11.1 Å². The van der Waals surface area contributed by atoms with Crippen LogP contribution in [-0.4, -0.2) is 23.3 Å². The Bertz CT molecular complexity index is 285. The van der Waals surface area contributed by atoms with Crippen LogP contribution in [0.3, 0.4) is 0 Å². The van der Waals surface area contributed by atoms with Crippen LogP contribution in [0.25, 0.3) is 0 Å². The monoisotopic (exact) mass is 242 g/mol. The van der Waals surface area contributed by atoms with Crippen molar-refractivity contribution in [3.63, 3.8) is 0 Å². The molecule has 100 valence electrons. The zero-order chi connectivity index (χ0) is 13.9. The molecule has 0 heterocycles. The lowest BCUT2D eigenvalue weighted by atomic mass is 9.87. The number of Topliss-reactive ketones (excluding diaryl/α,β-unsaturated/α-hetero) is 1. The van der Waals surface area contributed by atoms with Gasteiger partial charge in [-0.3, -0.25) is 9.59 Å². The molecule has 1 unspecified atom stereocenters. The molecule has 3 N–H and O–H groups in total. The van der Waals surface area contributed by atoms with Gasteiger partial charge >= 0.3 is 0 Å². The lowest BCUT2D eigenvalue weighted by Crippen LogP contribution is -2.50. The highest BCUT2D eigenvalue weighted by molar-refractivity contribution is 5.85. The van der Waals surface area contributed by atoms with Crippen molar-refractivity contribution in [3.05, 3.63) is 0 Å². The van der Waals surface area contributed by atoms with E-state index in [-0.39, 0.29) is 16.7 Å². The lowest BCUT2D eigenvalue weighted by molar-refractivity contribution is -0.127. The van der Waals surface area contributed by atoms with Crippen LogP contribution < -0.4 is 11.1 Å². The van der Waals surface area contributed by atoms with Crippen LogP contribution >= 0.6 is 0 Å². The predicted octanol–water partition coefficient (Wildman–Crippen LogP) is 1.62. The second-order valence-electron chi connectivity index (χ2n) is 6.56. The number of carbonyl (C=O) groups excluding carboxylic acids is 2. The number of carbonyl (C=O) groups is 2. The maximum atomic E-state index is 11.8. The maximum Gasteiger partial charge on any atom is 0.234 e. The summed E-state index contributed by atoms with van der Waals surface area (Å²) in [6, 6.07) is -0.443. The van der Waals surface area contributed by atoms with Crippen molar-refractivity contribution in [1.82, 2.24) is 5.32 Å². The van der Waals surface area contributed by atoms with E-state index in [1.54, 1.807) is 0 Å². The molecule has 1 amide bonds. The molecular weight excluding hydrogens is 216 g/mol. The number of primary amides is 1. The first kappa shape index (κ1) is 16.1. The van der Waals surface area contributed by atoms with Gasteiger partial charge in [-0.05, 0) is 27.2 Å². The Morgan fingerprint density at radius 2 is 1.59 bits per heavy atom. The van der Waals surface area contributed by atoms with Gasteiger partial charge in [0.15, 0.2) is 0 Å². The van der Waals surface area contributed by atoms with E-state index in [9.17, 15) is 9.59 Å². The third kappa shape index (κ3) is 7.10. The van der Waals surface area contributed by atoms with Gasteiger partial charge in [-0.2, -0.15) is 0 Å². The molecule has 0 aliphatic heterocycles. The summed E-state index contributed by atoms with van der Waals surface area (Å²) in [5.74, 6) is -0.249. The van der Waals surface area contributed by atoms with Gasteiger partial charge in [-0.25, -0.2) is 0 Å². The molecule has 0 saturated heterocycles. The summed E-state index contributed by atoms with van der Waals surface area (Å²) in [7, 11) is 0. The molecule has 4 heteroatoms. The van der Waals surface area contributed by atoms with Crippen LogP contribution in [0.15, 0.2) is 0 Å². The van der Waals surface area contributed by atoms with Gasteiger partial charge in [0.25, 0.3) is 0 Å². The summed E-state index contributed by atoms with van der Waals surface area (Å²) in [4.78, 5) is 23.1. The molecule has 0 radical (unpaired) electrons. The molecule has 17 heavy (non-hydrogen) atoms. The number of ketones is 1. The van der Waals surface area contributed by atoms with Gasteiger partial charge in [0, 0.05) is 17.4 Å². The smallest absolute Gasteiger partial charge is 0.234 e. The second kappa shape index (κ2) is 5.63. The molecule has 0 aromatic carbocycles. The van der Waals surface area contributed by atoms with Crippen molar-refractivity contribution in [2.75, 3.05) is 0 Å². The van der Waals surface area contributed by atoms with Crippen molar-refractivity contribution < 1.29 is 9.59 Å². The Labute approximate surface area is 104 Å². The van der Waals surface area contributed by atoms with Gasteiger partial charge in [0.2, 0.25) is 5.91 Å². The van der Waals surface area contributed by atoms with Gasteiger partial charge < -0.3 is 11.1 Å². The van der Waals surface area contributed by atoms with E-state index in [4.69, 9.17) is 5.73 Å². The van der Waals surface area contributed by atoms with E-state index in [0.29, 0.717) is 12.8 Å². The zero-order valence-corrected chi connectivity index (χ0v) is 11.9. The van der Waals surface area contributed by atoms with Crippen LogP contribution in [0.2, 0.25) is 0 Å². The number of nitrogens with two attached hydrogens (primary N) is 1. The summed E-state index contributed by atoms with van der Waals surface area (Å²) >= 11 is 0. The van der Waals surface area contributed by atoms with Crippen LogP contribution in [-0.2, 0) is 9.59 Å². The average Bonchev–Trinajstić information content (AvgIpc) is 2.07. The van der Waals surface area contributed by atoms with Crippen molar-refractivity contribution >= 4 is 11.7 Å². The minimum absolute atomic E-state index is 0.152. The average molecular weight is 242 g/mol. The minimum atomic E-state index is -0.443. The van der Waals surface area contributed by atoms with Crippen LogP contribution in [0, 0.1) is 5.41 Å². The minimum Gasteiger partial charge on any atom is -0.368 e. The molecule has 0 spiro atoms. The molecule has 0 aromatic heterocycles. The fraction of sp³-hybridized carbons (Fsp3) is 0.846. The fourth-order valence-electron chi connectivity index (χ4n) is 1.46. The van der Waals surface area contributed by atoms with Gasteiger partial charge in [0.1, 0.15) is 5.78 Å². The largest absolute Gasteiger partial charge is 0.368 e. The van der Waals surface area contributed by atoms with Gasteiger partial charge in [-0.1, -0.05) is 20.8 Å². The summed E-state index contributed by atoms with van der Waals surface area (Å²) in [6.45, 7) is 11.5.